The van der Waals surface area contributed by atoms with E-state index in [1.807, 2.05) is 4.72 Å². The van der Waals surface area contributed by atoms with E-state index in [4.69, 9.17) is 5.73 Å². The molecule has 45 heavy (non-hydrogen) atoms. The van der Waals surface area contributed by atoms with Gasteiger partial charge in [0.25, 0.3) is 46.3 Å². The highest BCUT2D eigenvalue weighted by Crippen LogP contribution is 2.37. The maximum absolute atomic E-state index is 13.5. The number of carbonyl (C=O) groups is 1. The molecule has 0 heterocycles. The lowest BCUT2D eigenvalue weighted by Gasteiger charge is -2.17. The second kappa shape index (κ2) is 11.4. The summed E-state index contributed by atoms with van der Waals surface area (Å²) in [4.78, 5) is 9.26. The summed E-state index contributed by atoms with van der Waals surface area (Å²) in [5, 5.41) is 1.29. The molecule has 4 aromatic rings. The van der Waals surface area contributed by atoms with Crippen LogP contribution < -0.4 is 15.8 Å². The Balaban J connectivity index is 1.88. The molecule has 4 rings (SSSR count). The monoisotopic (exact) mass is 699 g/mol. The Bertz CT molecular complexity index is 2370. The Labute approximate surface area is 258 Å². The van der Waals surface area contributed by atoms with E-state index in [9.17, 15) is 52.1 Å². The molecule has 15 nitrogen and oxygen atoms in total. The molecule has 240 valence electrons. The molecule has 4 aromatic carbocycles. The van der Waals surface area contributed by atoms with Gasteiger partial charge in [-0.2, -0.15) is 25.3 Å². The largest absolute Gasteiger partial charge is 0.398 e. The molecule has 0 saturated heterocycles. The highest BCUT2D eigenvalue weighted by Gasteiger charge is 2.27. The van der Waals surface area contributed by atoms with E-state index in [0.29, 0.717) is 41.1 Å². The van der Waals surface area contributed by atoms with Gasteiger partial charge >= 0.3 is 0 Å². The minimum atomic E-state index is -5.34. The first-order chi connectivity index (χ1) is 20.5. The summed E-state index contributed by atoms with van der Waals surface area (Å²) in [5.74, 6) is -0.607. The van der Waals surface area contributed by atoms with E-state index in [-0.39, 0.29) is 11.3 Å². The van der Waals surface area contributed by atoms with Gasteiger partial charge in [0.15, 0.2) is 0 Å². The molecule has 0 atom stereocenters. The smallest absolute Gasteiger partial charge is 0.295 e. The molecule has 1 amide bonds. The van der Waals surface area contributed by atoms with Crippen molar-refractivity contribution in [3.05, 3.63) is 76.9 Å². The second-order valence-corrected chi connectivity index (χ2v) is 15.9. The molecule has 0 unspecified atom stereocenters. The molecular weight excluding hydrogens is 675 g/mol. The fourth-order valence-electron chi connectivity index (χ4n) is 4.41. The Kier molecular flexibility index (Phi) is 8.52. The zero-order chi connectivity index (χ0) is 33.9. The van der Waals surface area contributed by atoms with Gasteiger partial charge in [-0.15, -0.1) is 0 Å². The van der Waals surface area contributed by atoms with Crippen LogP contribution in [-0.4, -0.2) is 53.2 Å². The van der Waals surface area contributed by atoms with Crippen molar-refractivity contribution in [2.75, 3.05) is 15.8 Å². The van der Waals surface area contributed by atoms with Crippen LogP contribution in [0.25, 0.3) is 10.8 Å². The Morgan fingerprint density at radius 3 is 1.76 bits per heavy atom. The number of hydrogen-bond donors (Lipinski definition) is 6. The number of nitrogens with one attached hydrogen (secondary N) is 2. The SMILES string of the molecule is Cc1cc(C)c(C(=O)Nc2cc(S(=O)(=O)Nc3cc(S(=O)(=O)O)cc4cc(S(=O)(=O)O)cc(S(=O)(=O)O)c34)ccc2C)cc1N. The Hall–Kier alpha value is -4.11. The second-order valence-electron chi connectivity index (χ2n) is 9.98. The summed E-state index contributed by atoms with van der Waals surface area (Å²) in [6.07, 6.45) is 0. The normalized spacial score (nSPS) is 12.7. The van der Waals surface area contributed by atoms with E-state index < -0.39 is 82.3 Å². The molecular formula is C26H25N3O12S4. The number of amides is 1. The van der Waals surface area contributed by atoms with Gasteiger partial charge in [0.1, 0.15) is 4.90 Å². The van der Waals surface area contributed by atoms with Crippen LogP contribution in [0.3, 0.4) is 0 Å². The number of fused-ring (bicyclic) bond motifs is 1. The van der Waals surface area contributed by atoms with Gasteiger partial charge < -0.3 is 11.1 Å². The van der Waals surface area contributed by atoms with Crippen LogP contribution in [0, 0.1) is 20.8 Å². The molecule has 19 heteroatoms. The Morgan fingerprint density at radius 1 is 0.644 bits per heavy atom. The van der Waals surface area contributed by atoms with Gasteiger partial charge in [-0.25, -0.2) is 8.42 Å². The van der Waals surface area contributed by atoms with Crippen LogP contribution in [0.15, 0.2) is 74.2 Å². The summed E-state index contributed by atoms with van der Waals surface area (Å²) in [6, 6.07) is 8.77. The standard InChI is InChI=1S/C26H25N3O12S4/c1-13-4-5-17(9-22(13)28-26(30)20-12-21(27)15(3)6-14(20)2)42(31,32)29-23-10-18(43(33,34)35)7-16-8-19(44(36,37)38)11-24(25(16)23)45(39,40)41/h4-12,29H,27H2,1-3H3,(H,28,30)(H,33,34,35)(H,36,37,38)(H,39,40,41). The number of benzene rings is 4. The summed E-state index contributed by atoms with van der Waals surface area (Å²) >= 11 is 0. The number of carbonyl (C=O) groups excluding carboxylic acids is 1. The first-order valence-electron chi connectivity index (χ1n) is 12.3. The topological polar surface area (TPSA) is 264 Å². The molecule has 0 saturated carbocycles. The number of aryl methyl sites for hydroxylation is 3. The average Bonchev–Trinajstić information content (AvgIpc) is 2.89. The predicted molar refractivity (Wildman–Crippen MR) is 164 cm³/mol. The number of sulfonamides is 1. The zero-order valence-corrected chi connectivity index (χ0v) is 26.7. The summed E-state index contributed by atoms with van der Waals surface area (Å²) in [6.45, 7) is 5.02. The number of nitrogens with two attached hydrogens (primary N) is 1. The number of rotatable bonds is 8. The molecule has 0 aliphatic rings. The fourth-order valence-corrected chi connectivity index (χ4v) is 7.42. The molecule has 0 aromatic heterocycles. The third-order valence-electron chi connectivity index (χ3n) is 6.70. The predicted octanol–water partition coefficient (Wildman–Crippen LogP) is 3.14. The number of nitrogen functional groups attached to an aromatic ring is 1. The van der Waals surface area contributed by atoms with Gasteiger partial charge in [0.2, 0.25) is 0 Å². The summed E-state index contributed by atoms with van der Waals surface area (Å²) in [5.41, 5.74) is 7.53. The summed E-state index contributed by atoms with van der Waals surface area (Å²) in [7, 11) is -20.4. The van der Waals surface area contributed by atoms with E-state index >= 15 is 0 Å². The van der Waals surface area contributed by atoms with Crippen molar-refractivity contribution in [2.24, 2.45) is 0 Å². The van der Waals surface area contributed by atoms with Gasteiger partial charge in [0.05, 0.1) is 20.4 Å². The van der Waals surface area contributed by atoms with E-state index in [1.54, 1.807) is 26.8 Å². The Morgan fingerprint density at radius 2 is 1.20 bits per heavy atom. The highest BCUT2D eigenvalue weighted by molar-refractivity contribution is 7.92. The molecule has 0 radical (unpaired) electrons. The zero-order valence-electron chi connectivity index (χ0n) is 23.4. The van der Waals surface area contributed by atoms with Crippen LogP contribution in [0.1, 0.15) is 27.0 Å². The van der Waals surface area contributed by atoms with Crippen LogP contribution >= 0.6 is 0 Å². The molecule has 0 aliphatic heterocycles. The van der Waals surface area contributed by atoms with Crippen molar-refractivity contribution in [1.82, 2.24) is 0 Å². The van der Waals surface area contributed by atoms with E-state index in [1.165, 1.54) is 12.1 Å². The van der Waals surface area contributed by atoms with Crippen molar-refractivity contribution >= 4 is 74.1 Å². The molecule has 0 spiro atoms. The molecule has 7 N–H and O–H groups in total. The third kappa shape index (κ3) is 7.09. The quantitative estimate of drug-likeness (QED) is 0.114. The third-order valence-corrected chi connectivity index (χ3v) is 10.6. The van der Waals surface area contributed by atoms with E-state index in [0.717, 1.165) is 17.7 Å². The molecule has 0 aliphatic carbocycles. The molecule has 0 bridgehead atoms. The van der Waals surface area contributed by atoms with Crippen LogP contribution in [0.5, 0.6) is 0 Å². The van der Waals surface area contributed by atoms with Crippen LogP contribution in [0.2, 0.25) is 0 Å². The minimum absolute atomic E-state index is 0.0504. The van der Waals surface area contributed by atoms with Crippen molar-refractivity contribution in [3.63, 3.8) is 0 Å². The first kappa shape index (κ1) is 33.8. The maximum Gasteiger partial charge on any atom is 0.295 e. The van der Waals surface area contributed by atoms with Crippen molar-refractivity contribution < 1.29 is 52.1 Å². The number of anilines is 3. The van der Waals surface area contributed by atoms with Gasteiger partial charge in [0, 0.05) is 22.3 Å². The molecule has 0 fully saturated rings. The minimum Gasteiger partial charge on any atom is -0.398 e. The first-order valence-corrected chi connectivity index (χ1v) is 18.1. The van der Waals surface area contributed by atoms with Crippen molar-refractivity contribution in [3.8, 4) is 0 Å². The van der Waals surface area contributed by atoms with Crippen LogP contribution in [-0.2, 0) is 40.4 Å². The average molecular weight is 700 g/mol. The van der Waals surface area contributed by atoms with Gasteiger partial charge in [-0.1, -0.05) is 12.1 Å². The lowest BCUT2D eigenvalue weighted by Crippen LogP contribution is -2.17. The van der Waals surface area contributed by atoms with Gasteiger partial charge in [-0.05, 0) is 85.3 Å². The fraction of sp³-hybridized carbons (Fsp3) is 0.115. The maximum atomic E-state index is 13.5. The van der Waals surface area contributed by atoms with Crippen molar-refractivity contribution in [1.29, 1.82) is 0 Å². The highest BCUT2D eigenvalue weighted by atomic mass is 32.2. The van der Waals surface area contributed by atoms with Gasteiger partial charge in [-0.3, -0.25) is 23.2 Å². The van der Waals surface area contributed by atoms with Crippen molar-refractivity contribution in [2.45, 2.75) is 40.4 Å². The summed E-state index contributed by atoms with van der Waals surface area (Å²) < 4.78 is 130. The van der Waals surface area contributed by atoms with E-state index in [2.05, 4.69) is 5.32 Å². The lowest BCUT2D eigenvalue weighted by atomic mass is 10.0. The number of hydrogen-bond acceptors (Lipinski definition) is 10. The lowest BCUT2D eigenvalue weighted by molar-refractivity contribution is 0.102. The van der Waals surface area contributed by atoms with Crippen LogP contribution in [0.4, 0.5) is 17.1 Å².